The highest BCUT2D eigenvalue weighted by Crippen LogP contribution is 2.23. The van der Waals surface area contributed by atoms with Crippen molar-refractivity contribution in [3.8, 4) is 11.4 Å². The van der Waals surface area contributed by atoms with Crippen molar-refractivity contribution < 1.29 is 0 Å². The van der Waals surface area contributed by atoms with Gasteiger partial charge in [0, 0.05) is 10.0 Å². The predicted octanol–water partition coefficient (Wildman–Crippen LogP) is 4.30. The van der Waals surface area contributed by atoms with E-state index < -0.39 is 0 Å². The topological polar surface area (TPSA) is 28.7 Å². The Morgan fingerprint density at radius 3 is 2.82 bits per heavy atom. The minimum atomic E-state index is 0.918. The molecule has 0 saturated carbocycles. The van der Waals surface area contributed by atoms with Crippen molar-refractivity contribution in [2.45, 2.75) is 6.92 Å². The van der Waals surface area contributed by atoms with Gasteiger partial charge < -0.3 is 4.98 Å². The third-order valence-corrected chi connectivity index (χ3v) is 3.23. The third kappa shape index (κ3) is 1.98. The number of H-pyrrole nitrogens is 1. The molecule has 17 heavy (non-hydrogen) atoms. The fourth-order valence-electron chi connectivity index (χ4n) is 1.91. The first kappa shape index (κ1) is 10.5. The van der Waals surface area contributed by atoms with E-state index in [0.29, 0.717) is 0 Å². The second kappa shape index (κ2) is 4.00. The Morgan fingerprint density at radius 2 is 2.00 bits per heavy atom. The highest BCUT2D eigenvalue weighted by atomic mass is 79.9. The number of nitrogens with one attached hydrogen (secondary N) is 1. The Kier molecular flexibility index (Phi) is 2.48. The van der Waals surface area contributed by atoms with Crippen molar-refractivity contribution in [3.05, 3.63) is 52.5 Å². The Morgan fingerprint density at radius 1 is 1.12 bits per heavy atom. The van der Waals surface area contributed by atoms with E-state index in [0.717, 1.165) is 26.9 Å². The fraction of sp³-hybridized carbons (Fsp3) is 0.0714. The molecule has 2 nitrogen and oxygen atoms in total. The minimum Gasteiger partial charge on any atom is -0.338 e. The number of fused-ring (bicyclic) bond motifs is 1. The van der Waals surface area contributed by atoms with Crippen LogP contribution in [0.15, 0.2) is 46.9 Å². The second-order valence-electron chi connectivity index (χ2n) is 4.12. The zero-order valence-corrected chi connectivity index (χ0v) is 11.0. The molecule has 0 amide bonds. The van der Waals surface area contributed by atoms with Gasteiger partial charge in [-0.1, -0.05) is 39.7 Å². The standard InChI is InChI=1S/C14H11BrN2/c1-9-3-2-4-10(7-9)14-16-12-6-5-11(15)8-13(12)17-14/h2-8H,1H3,(H,16,17). The first-order valence-electron chi connectivity index (χ1n) is 5.45. The number of benzene rings is 2. The summed E-state index contributed by atoms with van der Waals surface area (Å²) in [5.74, 6) is 0.918. The highest BCUT2D eigenvalue weighted by Gasteiger charge is 2.05. The Labute approximate surface area is 108 Å². The van der Waals surface area contributed by atoms with Crippen LogP contribution in [-0.4, -0.2) is 9.97 Å². The maximum atomic E-state index is 4.59. The maximum Gasteiger partial charge on any atom is 0.138 e. The van der Waals surface area contributed by atoms with Crippen molar-refractivity contribution >= 4 is 27.0 Å². The summed E-state index contributed by atoms with van der Waals surface area (Å²) < 4.78 is 1.06. The van der Waals surface area contributed by atoms with E-state index in [9.17, 15) is 0 Å². The Hall–Kier alpha value is -1.61. The third-order valence-electron chi connectivity index (χ3n) is 2.74. The lowest BCUT2D eigenvalue weighted by Crippen LogP contribution is -1.80. The van der Waals surface area contributed by atoms with Crippen LogP contribution in [0, 0.1) is 6.92 Å². The number of nitrogens with zero attached hydrogens (tertiary/aromatic N) is 1. The van der Waals surface area contributed by atoms with Crippen molar-refractivity contribution in [2.24, 2.45) is 0 Å². The number of hydrogen-bond acceptors (Lipinski definition) is 1. The molecule has 0 fully saturated rings. The van der Waals surface area contributed by atoms with Crippen LogP contribution < -0.4 is 0 Å². The Balaban J connectivity index is 2.18. The zero-order valence-electron chi connectivity index (χ0n) is 9.37. The number of aryl methyl sites for hydroxylation is 1. The van der Waals surface area contributed by atoms with Gasteiger partial charge in [-0.3, -0.25) is 0 Å². The Bertz CT molecular complexity index is 686. The number of imidazole rings is 1. The van der Waals surface area contributed by atoms with E-state index in [1.54, 1.807) is 0 Å². The molecule has 0 unspecified atom stereocenters. The van der Waals surface area contributed by atoms with Gasteiger partial charge in [0.1, 0.15) is 5.82 Å². The first-order chi connectivity index (χ1) is 8.22. The lowest BCUT2D eigenvalue weighted by Gasteiger charge is -1.97. The van der Waals surface area contributed by atoms with Crippen molar-refractivity contribution in [3.63, 3.8) is 0 Å². The number of aromatic nitrogens is 2. The van der Waals surface area contributed by atoms with Crippen molar-refractivity contribution in [1.29, 1.82) is 0 Å². The molecule has 3 rings (SSSR count). The fourth-order valence-corrected chi connectivity index (χ4v) is 2.27. The molecule has 0 aliphatic heterocycles. The van der Waals surface area contributed by atoms with Crippen LogP contribution in [0.3, 0.4) is 0 Å². The van der Waals surface area contributed by atoms with Gasteiger partial charge in [0.2, 0.25) is 0 Å². The van der Waals surface area contributed by atoms with Gasteiger partial charge in [0.15, 0.2) is 0 Å². The average Bonchev–Trinajstić information content (AvgIpc) is 2.72. The maximum absolute atomic E-state index is 4.59. The van der Waals surface area contributed by atoms with E-state index in [1.807, 2.05) is 24.3 Å². The van der Waals surface area contributed by atoms with Crippen LogP contribution in [0.25, 0.3) is 22.4 Å². The van der Waals surface area contributed by atoms with Crippen molar-refractivity contribution in [2.75, 3.05) is 0 Å². The van der Waals surface area contributed by atoms with E-state index in [2.05, 4.69) is 51.0 Å². The number of hydrogen-bond donors (Lipinski definition) is 1. The summed E-state index contributed by atoms with van der Waals surface area (Å²) in [6, 6.07) is 14.4. The van der Waals surface area contributed by atoms with E-state index in [4.69, 9.17) is 0 Å². The van der Waals surface area contributed by atoms with Gasteiger partial charge in [0.05, 0.1) is 11.0 Å². The average molecular weight is 287 g/mol. The quantitative estimate of drug-likeness (QED) is 0.710. The normalized spacial score (nSPS) is 10.9. The van der Waals surface area contributed by atoms with Crippen LogP contribution in [0.1, 0.15) is 5.56 Å². The van der Waals surface area contributed by atoms with Crippen LogP contribution >= 0.6 is 15.9 Å². The van der Waals surface area contributed by atoms with Gasteiger partial charge in [-0.2, -0.15) is 0 Å². The number of rotatable bonds is 1. The van der Waals surface area contributed by atoms with Crippen LogP contribution in [-0.2, 0) is 0 Å². The van der Waals surface area contributed by atoms with E-state index in [-0.39, 0.29) is 0 Å². The molecular formula is C14H11BrN2. The summed E-state index contributed by atoms with van der Waals surface area (Å²) in [5, 5.41) is 0. The number of aromatic amines is 1. The molecule has 3 aromatic rings. The molecule has 0 bridgehead atoms. The summed E-state index contributed by atoms with van der Waals surface area (Å²) >= 11 is 3.46. The number of halogens is 1. The van der Waals surface area contributed by atoms with Crippen LogP contribution in [0.5, 0.6) is 0 Å². The zero-order chi connectivity index (χ0) is 11.8. The molecule has 0 aliphatic carbocycles. The summed E-state index contributed by atoms with van der Waals surface area (Å²) in [7, 11) is 0. The van der Waals surface area contributed by atoms with Gasteiger partial charge in [-0.05, 0) is 31.2 Å². The molecule has 1 aromatic heterocycles. The molecule has 0 atom stereocenters. The monoisotopic (exact) mass is 286 g/mol. The van der Waals surface area contributed by atoms with Gasteiger partial charge in [-0.15, -0.1) is 0 Å². The van der Waals surface area contributed by atoms with Crippen molar-refractivity contribution in [1.82, 2.24) is 9.97 Å². The van der Waals surface area contributed by atoms with E-state index >= 15 is 0 Å². The molecule has 3 heteroatoms. The predicted molar refractivity (Wildman–Crippen MR) is 74.0 cm³/mol. The second-order valence-corrected chi connectivity index (χ2v) is 5.03. The molecule has 0 aliphatic rings. The van der Waals surface area contributed by atoms with Gasteiger partial charge in [0.25, 0.3) is 0 Å². The first-order valence-corrected chi connectivity index (χ1v) is 6.24. The lowest BCUT2D eigenvalue weighted by molar-refractivity contribution is 1.32. The SMILES string of the molecule is Cc1cccc(-c2nc3ccc(Br)cc3[nH]2)c1. The largest absolute Gasteiger partial charge is 0.338 e. The molecule has 0 radical (unpaired) electrons. The molecule has 0 spiro atoms. The molecule has 0 saturated heterocycles. The van der Waals surface area contributed by atoms with E-state index in [1.165, 1.54) is 5.56 Å². The molecule has 2 aromatic carbocycles. The molecular weight excluding hydrogens is 276 g/mol. The van der Waals surface area contributed by atoms with Crippen LogP contribution in [0.2, 0.25) is 0 Å². The summed E-state index contributed by atoms with van der Waals surface area (Å²) in [4.78, 5) is 7.93. The molecule has 1 heterocycles. The summed E-state index contributed by atoms with van der Waals surface area (Å²) in [6.07, 6.45) is 0. The summed E-state index contributed by atoms with van der Waals surface area (Å²) in [6.45, 7) is 2.09. The highest BCUT2D eigenvalue weighted by molar-refractivity contribution is 9.10. The minimum absolute atomic E-state index is 0.918. The smallest absolute Gasteiger partial charge is 0.138 e. The molecule has 84 valence electrons. The summed E-state index contributed by atoms with van der Waals surface area (Å²) in [5.41, 5.74) is 4.40. The van der Waals surface area contributed by atoms with Crippen LogP contribution in [0.4, 0.5) is 0 Å². The lowest BCUT2D eigenvalue weighted by atomic mass is 10.1. The van der Waals surface area contributed by atoms with Gasteiger partial charge >= 0.3 is 0 Å². The van der Waals surface area contributed by atoms with Gasteiger partial charge in [-0.25, -0.2) is 4.98 Å². The molecule has 1 N–H and O–H groups in total.